The maximum Gasteiger partial charge on any atom is 0.249 e. The molecule has 8 heteroatoms. The van der Waals surface area contributed by atoms with Crippen molar-refractivity contribution in [3.05, 3.63) is 25.3 Å². The topological polar surface area (TPSA) is 90.4 Å². The van der Waals surface area contributed by atoms with Crippen LogP contribution < -0.4 is 0 Å². The molecule has 3 amide bonds. The van der Waals surface area contributed by atoms with Gasteiger partial charge in [-0.2, -0.15) is 0 Å². The van der Waals surface area contributed by atoms with E-state index in [9.17, 15) is 19.5 Å². The van der Waals surface area contributed by atoms with Crippen LogP contribution >= 0.6 is 0 Å². The molecule has 1 N–H and O–H groups in total. The number of fused-ring (bicyclic) bond motifs is 1. The van der Waals surface area contributed by atoms with Crippen molar-refractivity contribution in [3.63, 3.8) is 0 Å². The van der Waals surface area contributed by atoms with Gasteiger partial charge in [-0.05, 0) is 57.8 Å². The number of aliphatic hydroxyl groups is 1. The third kappa shape index (κ3) is 5.51. The summed E-state index contributed by atoms with van der Waals surface area (Å²) in [7, 11) is 0. The van der Waals surface area contributed by atoms with Crippen molar-refractivity contribution in [3.8, 4) is 0 Å². The summed E-state index contributed by atoms with van der Waals surface area (Å²) in [6.45, 7) is 27.3. The second-order valence-electron chi connectivity index (χ2n) is 14.6. The van der Waals surface area contributed by atoms with E-state index in [-0.39, 0.29) is 35.7 Å². The molecule has 2 bridgehead atoms. The van der Waals surface area contributed by atoms with E-state index in [2.05, 4.69) is 54.7 Å². The summed E-state index contributed by atoms with van der Waals surface area (Å²) in [4.78, 5) is 48.9. The Bertz CT molecular complexity index is 1030. The van der Waals surface area contributed by atoms with Gasteiger partial charge in [0.15, 0.2) is 0 Å². The van der Waals surface area contributed by atoms with Gasteiger partial charge in [0.2, 0.25) is 17.7 Å². The molecule has 0 aromatic carbocycles. The molecule has 3 aliphatic rings. The van der Waals surface area contributed by atoms with Crippen LogP contribution in [0.5, 0.6) is 0 Å². The first kappa shape index (κ1) is 33.3. The van der Waals surface area contributed by atoms with Gasteiger partial charge in [0, 0.05) is 25.2 Å². The lowest BCUT2D eigenvalue weighted by Gasteiger charge is -2.46. The van der Waals surface area contributed by atoms with E-state index < -0.39 is 40.7 Å². The SMILES string of the molecule is C=CCN(CCC)C(=O)[C@H]1[C@H]2C(=O)N([C@@H](CC)CO)C(C(=O)N(CC=C)C(C)(C)CC(C)(C)C)C23CC(C)[C@]1(C)O3. The van der Waals surface area contributed by atoms with Crippen LogP contribution in [0.1, 0.15) is 88.0 Å². The third-order valence-corrected chi connectivity index (χ3v) is 9.75. The smallest absolute Gasteiger partial charge is 0.249 e. The summed E-state index contributed by atoms with van der Waals surface area (Å²) >= 11 is 0. The fourth-order valence-corrected chi connectivity index (χ4v) is 8.36. The molecule has 0 radical (unpaired) electrons. The molecule has 3 aliphatic heterocycles. The van der Waals surface area contributed by atoms with Crippen molar-refractivity contribution in [2.75, 3.05) is 26.2 Å². The van der Waals surface area contributed by atoms with Crippen molar-refractivity contribution in [2.24, 2.45) is 23.2 Å². The fourth-order valence-electron chi connectivity index (χ4n) is 8.36. The summed E-state index contributed by atoms with van der Waals surface area (Å²) in [6.07, 6.45) is 5.92. The van der Waals surface area contributed by atoms with Gasteiger partial charge >= 0.3 is 0 Å². The molecule has 41 heavy (non-hydrogen) atoms. The standard InChI is InChI=1S/C33H55N3O5/c1-12-16-34(17-13-2)27(38)24-25-28(39)36(23(15-4)20-37)26(33(25)19-22(5)32(24,11)41-33)29(40)35(18-14-3)31(9,10)21-30(6,7)8/h12,14,22-26,37H,1,3,13,15-21H2,2,4-11H3/t22?,23-,24+,25-,26?,32-,33?/m0/s1. The Morgan fingerprint density at radius 3 is 2.24 bits per heavy atom. The number of hydrogen-bond acceptors (Lipinski definition) is 5. The van der Waals surface area contributed by atoms with Crippen LogP contribution in [0.4, 0.5) is 0 Å². The highest BCUT2D eigenvalue weighted by molar-refractivity contribution is 5.99. The molecule has 8 nitrogen and oxygen atoms in total. The Kier molecular flexibility index (Phi) is 9.61. The van der Waals surface area contributed by atoms with Crippen molar-refractivity contribution >= 4 is 17.7 Å². The van der Waals surface area contributed by atoms with E-state index in [1.807, 2.05) is 25.7 Å². The van der Waals surface area contributed by atoms with Crippen LogP contribution in [-0.2, 0) is 19.1 Å². The van der Waals surface area contributed by atoms with E-state index >= 15 is 0 Å². The van der Waals surface area contributed by atoms with Gasteiger partial charge in [0.1, 0.15) is 11.6 Å². The van der Waals surface area contributed by atoms with Gasteiger partial charge in [-0.3, -0.25) is 14.4 Å². The van der Waals surface area contributed by atoms with Gasteiger partial charge in [0.05, 0.1) is 30.1 Å². The normalized spacial score (nSPS) is 31.7. The average molecular weight is 574 g/mol. The summed E-state index contributed by atoms with van der Waals surface area (Å²) in [5.41, 5.74) is -2.64. The minimum Gasteiger partial charge on any atom is -0.394 e. The quantitative estimate of drug-likeness (QED) is 0.330. The molecule has 232 valence electrons. The van der Waals surface area contributed by atoms with E-state index in [1.165, 1.54) is 0 Å². The molecule has 1 spiro atoms. The van der Waals surface area contributed by atoms with Gasteiger partial charge in [0.25, 0.3) is 0 Å². The van der Waals surface area contributed by atoms with Crippen LogP contribution in [0.3, 0.4) is 0 Å². The van der Waals surface area contributed by atoms with Crippen LogP contribution in [0.2, 0.25) is 0 Å². The number of carbonyl (C=O) groups is 3. The molecule has 0 aliphatic carbocycles. The van der Waals surface area contributed by atoms with Crippen LogP contribution in [0.15, 0.2) is 25.3 Å². The Hall–Kier alpha value is -2.19. The zero-order valence-corrected chi connectivity index (χ0v) is 27.0. The fraction of sp³-hybridized carbons (Fsp3) is 0.788. The second-order valence-corrected chi connectivity index (χ2v) is 14.6. The van der Waals surface area contributed by atoms with Crippen molar-refractivity contribution < 1.29 is 24.2 Å². The van der Waals surface area contributed by atoms with Crippen LogP contribution in [0.25, 0.3) is 0 Å². The zero-order valence-electron chi connectivity index (χ0n) is 27.0. The molecular formula is C33H55N3O5. The van der Waals surface area contributed by atoms with E-state index in [0.717, 1.165) is 12.8 Å². The summed E-state index contributed by atoms with van der Waals surface area (Å²) in [5, 5.41) is 10.4. The molecule has 0 saturated carbocycles. The summed E-state index contributed by atoms with van der Waals surface area (Å²) in [6, 6.07) is -1.51. The van der Waals surface area contributed by atoms with Gasteiger partial charge in [-0.1, -0.05) is 53.7 Å². The first-order chi connectivity index (χ1) is 19.0. The number of hydrogen-bond donors (Lipinski definition) is 1. The molecular weight excluding hydrogens is 518 g/mol. The molecule has 0 aromatic rings. The van der Waals surface area contributed by atoms with Crippen molar-refractivity contribution in [1.29, 1.82) is 0 Å². The number of ether oxygens (including phenoxy) is 1. The lowest BCUT2D eigenvalue weighted by atomic mass is 9.62. The Morgan fingerprint density at radius 2 is 1.76 bits per heavy atom. The van der Waals surface area contributed by atoms with Crippen molar-refractivity contribution in [1.82, 2.24) is 14.7 Å². The Labute approximate surface area is 248 Å². The maximum absolute atomic E-state index is 14.9. The largest absolute Gasteiger partial charge is 0.394 e. The lowest BCUT2D eigenvalue weighted by molar-refractivity contribution is -0.160. The number of carbonyl (C=O) groups excluding carboxylic acids is 3. The molecule has 0 aromatic heterocycles. The first-order valence-electron chi connectivity index (χ1n) is 15.5. The molecule has 3 unspecified atom stereocenters. The van der Waals surface area contributed by atoms with E-state index in [1.54, 1.807) is 22.0 Å². The molecule has 3 fully saturated rings. The maximum atomic E-state index is 14.9. The lowest BCUT2D eigenvalue weighted by Crippen LogP contribution is -2.62. The highest BCUT2D eigenvalue weighted by Gasteiger charge is 2.80. The number of rotatable bonds is 13. The molecule has 3 rings (SSSR count). The Morgan fingerprint density at radius 1 is 1.15 bits per heavy atom. The van der Waals surface area contributed by atoms with E-state index in [0.29, 0.717) is 32.5 Å². The molecule has 3 heterocycles. The van der Waals surface area contributed by atoms with Crippen LogP contribution in [0, 0.1) is 23.2 Å². The van der Waals surface area contributed by atoms with Gasteiger partial charge < -0.3 is 24.5 Å². The predicted octanol–water partition coefficient (Wildman–Crippen LogP) is 4.42. The van der Waals surface area contributed by atoms with Crippen molar-refractivity contribution in [2.45, 2.75) is 117 Å². The highest BCUT2D eigenvalue weighted by atomic mass is 16.5. The number of likely N-dealkylation sites (tertiary alicyclic amines) is 1. The number of aliphatic hydroxyl groups excluding tert-OH is 1. The Balaban J connectivity index is 2.21. The number of nitrogens with zero attached hydrogens (tertiary/aromatic N) is 3. The first-order valence-corrected chi connectivity index (χ1v) is 15.5. The van der Waals surface area contributed by atoms with E-state index in [4.69, 9.17) is 4.74 Å². The van der Waals surface area contributed by atoms with Gasteiger partial charge in [-0.25, -0.2) is 0 Å². The molecule has 7 atom stereocenters. The van der Waals surface area contributed by atoms with Gasteiger partial charge in [-0.15, -0.1) is 13.2 Å². The average Bonchev–Trinajstić information content (AvgIpc) is 3.38. The summed E-state index contributed by atoms with van der Waals surface area (Å²) in [5.74, 6) is -2.17. The third-order valence-electron chi connectivity index (χ3n) is 9.75. The highest BCUT2D eigenvalue weighted by Crippen LogP contribution is 2.66. The second kappa shape index (κ2) is 11.8. The molecule has 3 saturated heterocycles. The monoisotopic (exact) mass is 573 g/mol. The van der Waals surface area contributed by atoms with Crippen LogP contribution in [-0.4, -0.2) is 92.6 Å². The zero-order chi connectivity index (χ0) is 31.1. The predicted molar refractivity (Wildman–Crippen MR) is 162 cm³/mol. The summed E-state index contributed by atoms with van der Waals surface area (Å²) < 4.78 is 6.95. The minimum atomic E-state index is -1.16. The minimum absolute atomic E-state index is 0.0485. The number of amides is 3.